The van der Waals surface area contributed by atoms with Crippen LogP contribution in [0.25, 0.3) is 0 Å². The lowest BCUT2D eigenvalue weighted by Gasteiger charge is -2.17. The number of benzene rings is 1. The third-order valence-corrected chi connectivity index (χ3v) is 5.44. The lowest BCUT2D eigenvalue weighted by atomic mass is 10.2. The Morgan fingerprint density at radius 3 is 2.67 bits per heavy atom. The Morgan fingerprint density at radius 1 is 1.14 bits per heavy atom. The average Bonchev–Trinajstić information content (AvgIpc) is 2.98. The van der Waals surface area contributed by atoms with Crippen molar-refractivity contribution in [1.29, 1.82) is 0 Å². The highest BCUT2D eigenvalue weighted by Crippen LogP contribution is 2.22. The van der Waals surface area contributed by atoms with Gasteiger partial charge in [0.25, 0.3) is 0 Å². The Kier molecular flexibility index (Phi) is 3.90. The van der Waals surface area contributed by atoms with Crippen molar-refractivity contribution in [3.8, 4) is 0 Å². The van der Waals surface area contributed by atoms with Crippen LogP contribution in [0.4, 0.5) is 5.69 Å². The van der Waals surface area contributed by atoms with Gasteiger partial charge >= 0.3 is 0 Å². The summed E-state index contributed by atoms with van der Waals surface area (Å²) in [4.78, 5) is 4.40. The summed E-state index contributed by atoms with van der Waals surface area (Å²) in [5.74, 6) is 0. The van der Waals surface area contributed by atoms with Gasteiger partial charge in [0.15, 0.2) is 0 Å². The maximum Gasteiger partial charge on any atom is 0.243 e. The van der Waals surface area contributed by atoms with Crippen LogP contribution < -0.4 is 5.32 Å². The molecule has 0 radical (unpaired) electrons. The first-order valence-corrected chi connectivity index (χ1v) is 8.32. The van der Waals surface area contributed by atoms with E-state index in [4.69, 9.17) is 0 Å². The summed E-state index contributed by atoms with van der Waals surface area (Å²) < 4.78 is 26.6. The molecule has 5 nitrogen and oxygen atoms in total. The van der Waals surface area contributed by atoms with Gasteiger partial charge in [-0.05, 0) is 30.7 Å². The third-order valence-electron chi connectivity index (χ3n) is 3.56. The fraction of sp³-hybridized carbons (Fsp3) is 0.267. The summed E-state index contributed by atoms with van der Waals surface area (Å²) >= 11 is 0. The minimum atomic E-state index is -3.39. The van der Waals surface area contributed by atoms with Crippen LogP contribution in [0.2, 0.25) is 0 Å². The normalized spacial score (nSPS) is 19.5. The molecule has 6 heteroatoms. The predicted octanol–water partition coefficient (Wildman–Crippen LogP) is 1.96. The van der Waals surface area contributed by atoms with Crippen molar-refractivity contribution in [2.24, 2.45) is 0 Å². The molecule has 3 rings (SSSR count). The molecular formula is C15H17N3O2S. The van der Waals surface area contributed by atoms with E-state index < -0.39 is 10.0 Å². The maximum absolute atomic E-state index is 12.5. The van der Waals surface area contributed by atoms with Crippen molar-refractivity contribution in [3.63, 3.8) is 0 Å². The zero-order chi connectivity index (χ0) is 14.7. The van der Waals surface area contributed by atoms with Crippen molar-refractivity contribution in [2.45, 2.75) is 17.4 Å². The van der Waals surface area contributed by atoms with E-state index in [2.05, 4.69) is 10.3 Å². The topological polar surface area (TPSA) is 62.3 Å². The fourth-order valence-corrected chi connectivity index (χ4v) is 4.01. The highest BCUT2D eigenvalue weighted by atomic mass is 32.2. The zero-order valence-electron chi connectivity index (χ0n) is 11.5. The van der Waals surface area contributed by atoms with Crippen LogP contribution in [0.3, 0.4) is 0 Å². The molecule has 1 fully saturated rings. The van der Waals surface area contributed by atoms with Gasteiger partial charge in [-0.2, -0.15) is 4.31 Å². The fourth-order valence-electron chi connectivity index (χ4n) is 2.49. The number of nitrogens with zero attached hydrogens (tertiary/aromatic N) is 2. The number of anilines is 1. The molecule has 1 aromatic carbocycles. The number of hydrogen-bond donors (Lipinski definition) is 1. The van der Waals surface area contributed by atoms with Gasteiger partial charge in [0.05, 0.1) is 10.6 Å². The Morgan fingerprint density at radius 2 is 1.95 bits per heavy atom. The maximum atomic E-state index is 12.5. The molecular weight excluding hydrogens is 286 g/mol. The molecule has 0 aliphatic carbocycles. The van der Waals surface area contributed by atoms with Crippen LogP contribution in [0.1, 0.15) is 6.42 Å². The first-order chi connectivity index (χ1) is 10.2. The van der Waals surface area contributed by atoms with Crippen molar-refractivity contribution in [3.05, 3.63) is 54.9 Å². The van der Waals surface area contributed by atoms with E-state index in [0.717, 1.165) is 12.1 Å². The third kappa shape index (κ3) is 3.06. The number of sulfonamides is 1. The van der Waals surface area contributed by atoms with Gasteiger partial charge in [0, 0.05) is 31.5 Å². The van der Waals surface area contributed by atoms with Gasteiger partial charge < -0.3 is 5.32 Å². The van der Waals surface area contributed by atoms with Crippen LogP contribution in [0, 0.1) is 0 Å². The second-order valence-corrected chi connectivity index (χ2v) is 6.99. The van der Waals surface area contributed by atoms with Crippen LogP contribution in [0.5, 0.6) is 0 Å². The summed E-state index contributed by atoms with van der Waals surface area (Å²) in [6, 6.07) is 12.5. The predicted molar refractivity (Wildman–Crippen MR) is 81.5 cm³/mol. The highest BCUT2D eigenvalue weighted by Gasteiger charge is 2.32. The molecule has 0 saturated carbocycles. The molecule has 1 N–H and O–H groups in total. The first kappa shape index (κ1) is 14.0. The SMILES string of the molecule is O=S(=O)(c1ccccc1)N1CC[C@@H](Nc2cccnc2)C1. The van der Waals surface area contributed by atoms with Crippen LogP contribution in [0.15, 0.2) is 59.8 Å². The molecule has 0 amide bonds. The standard InChI is InChI=1S/C15H17N3O2S/c19-21(20,15-6-2-1-3-7-15)18-10-8-14(12-18)17-13-5-4-9-16-11-13/h1-7,9,11,14,17H,8,10,12H2/t14-/m1/s1. The Balaban J connectivity index is 1.70. The van der Waals surface area contributed by atoms with E-state index in [0.29, 0.717) is 18.0 Å². The summed E-state index contributed by atoms with van der Waals surface area (Å²) in [6.07, 6.45) is 4.25. The lowest BCUT2D eigenvalue weighted by molar-refractivity contribution is 0.474. The summed E-state index contributed by atoms with van der Waals surface area (Å²) in [7, 11) is -3.39. The molecule has 0 bridgehead atoms. The Hall–Kier alpha value is -1.92. The largest absolute Gasteiger partial charge is 0.380 e. The number of rotatable bonds is 4. The van der Waals surface area contributed by atoms with Gasteiger partial charge in [-0.25, -0.2) is 8.42 Å². The second kappa shape index (κ2) is 5.83. The van der Waals surface area contributed by atoms with Gasteiger partial charge in [-0.3, -0.25) is 4.98 Å². The summed E-state index contributed by atoms with van der Waals surface area (Å²) in [6.45, 7) is 1.02. The van der Waals surface area contributed by atoms with E-state index in [1.54, 1.807) is 36.7 Å². The Labute approximate surface area is 124 Å². The average molecular weight is 303 g/mol. The van der Waals surface area contributed by atoms with Gasteiger partial charge in [0.2, 0.25) is 10.0 Å². The van der Waals surface area contributed by atoms with Crippen molar-refractivity contribution < 1.29 is 8.42 Å². The summed E-state index contributed by atoms with van der Waals surface area (Å²) in [5, 5.41) is 3.33. The van der Waals surface area contributed by atoms with Crippen molar-refractivity contribution in [2.75, 3.05) is 18.4 Å². The molecule has 2 aromatic rings. The lowest BCUT2D eigenvalue weighted by Crippen LogP contribution is -2.31. The smallest absolute Gasteiger partial charge is 0.243 e. The van der Waals surface area contributed by atoms with Crippen molar-refractivity contribution >= 4 is 15.7 Å². The second-order valence-electron chi connectivity index (χ2n) is 5.05. The van der Waals surface area contributed by atoms with Gasteiger partial charge in [-0.1, -0.05) is 18.2 Å². The summed E-state index contributed by atoms with van der Waals surface area (Å²) in [5.41, 5.74) is 0.918. The minimum absolute atomic E-state index is 0.118. The zero-order valence-corrected chi connectivity index (χ0v) is 12.3. The quantitative estimate of drug-likeness (QED) is 0.938. The Bertz CT molecular complexity index is 689. The van der Waals surface area contributed by atoms with Crippen LogP contribution in [-0.4, -0.2) is 36.8 Å². The molecule has 1 aliphatic heterocycles. The number of aromatic nitrogens is 1. The molecule has 1 aromatic heterocycles. The molecule has 0 spiro atoms. The molecule has 110 valence electrons. The minimum Gasteiger partial charge on any atom is -0.380 e. The first-order valence-electron chi connectivity index (χ1n) is 6.88. The van der Waals surface area contributed by atoms with E-state index in [1.165, 1.54) is 4.31 Å². The molecule has 1 aliphatic rings. The molecule has 1 saturated heterocycles. The van der Waals surface area contributed by atoms with E-state index in [9.17, 15) is 8.42 Å². The number of nitrogens with one attached hydrogen (secondary N) is 1. The van der Waals surface area contributed by atoms with Crippen LogP contribution >= 0.6 is 0 Å². The highest BCUT2D eigenvalue weighted by molar-refractivity contribution is 7.89. The monoisotopic (exact) mass is 303 g/mol. The van der Waals surface area contributed by atoms with E-state index >= 15 is 0 Å². The number of pyridine rings is 1. The van der Waals surface area contributed by atoms with E-state index in [1.807, 2.05) is 18.2 Å². The van der Waals surface area contributed by atoms with E-state index in [-0.39, 0.29) is 6.04 Å². The van der Waals surface area contributed by atoms with Gasteiger partial charge in [-0.15, -0.1) is 0 Å². The number of hydrogen-bond acceptors (Lipinski definition) is 4. The molecule has 21 heavy (non-hydrogen) atoms. The van der Waals surface area contributed by atoms with Crippen LogP contribution in [-0.2, 0) is 10.0 Å². The molecule has 2 heterocycles. The molecule has 0 unspecified atom stereocenters. The molecule has 1 atom stereocenters. The van der Waals surface area contributed by atoms with Gasteiger partial charge in [0.1, 0.15) is 0 Å². The van der Waals surface area contributed by atoms with Crippen molar-refractivity contribution in [1.82, 2.24) is 9.29 Å².